The number of nitrogens with one attached hydrogen (secondary N) is 2. The molecule has 0 saturated carbocycles. The van der Waals surface area contributed by atoms with E-state index in [1.807, 2.05) is 37.3 Å². The molecule has 1 aromatic heterocycles. The number of anilines is 1. The van der Waals surface area contributed by atoms with Crippen LogP contribution >= 0.6 is 11.3 Å². The van der Waals surface area contributed by atoms with Gasteiger partial charge in [-0.2, -0.15) is 0 Å². The minimum Gasteiger partial charge on any atom is -0.325 e. The van der Waals surface area contributed by atoms with E-state index in [0.29, 0.717) is 0 Å². The number of hydrogen-bond donors (Lipinski definition) is 2. The van der Waals surface area contributed by atoms with Crippen molar-refractivity contribution in [2.45, 2.75) is 32.7 Å². The van der Waals surface area contributed by atoms with Crippen LogP contribution in [-0.4, -0.2) is 12.5 Å². The third-order valence-corrected chi connectivity index (χ3v) is 5.50. The fourth-order valence-corrected chi connectivity index (χ4v) is 3.93. The number of hydrogen-bond acceptors (Lipinski definition) is 3. The first-order valence-corrected chi connectivity index (χ1v) is 10.3. The standard InChI is InChI=1S/C23H26N2OS/c1-3-7-18-11-13-19(14-12-18)23(21-10-6-15-27-21)24-16-22(26)25-20-9-5-4-8-17(20)2/h4-6,8-15,23-24H,3,7,16H2,1-2H3,(H,25,26)/t23-/m1/s1. The van der Waals surface area contributed by atoms with Crippen molar-refractivity contribution in [3.05, 3.63) is 87.6 Å². The molecule has 1 atom stereocenters. The molecule has 4 heteroatoms. The van der Waals surface area contributed by atoms with Gasteiger partial charge in [0.15, 0.2) is 0 Å². The first-order chi connectivity index (χ1) is 13.2. The van der Waals surface area contributed by atoms with Gasteiger partial charge in [0.2, 0.25) is 5.91 Å². The lowest BCUT2D eigenvalue weighted by Crippen LogP contribution is -2.31. The van der Waals surface area contributed by atoms with E-state index < -0.39 is 0 Å². The summed E-state index contributed by atoms with van der Waals surface area (Å²) in [6.45, 7) is 4.44. The fourth-order valence-electron chi connectivity index (χ4n) is 3.11. The van der Waals surface area contributed by atoms with Crippen molar-refractivity contribution >= 4 is 22.9 Å². The van der Waals surface area contributed by atoms with E-state index in [4.69, 9.17) is 0 Å². The summed E-state index contributed by atoms with van der Waals surface area (Å²) in [7, 11) is 0. The summed E-state index contributed by atoms with van der Waals surface area (Å²) >= 11 is 1.70. The molecule has 0 spiro atoms. The number of carbonyl (C=O) groups excluding carboxylic acids is 1. The molecule has 3 rings (SSSR count). The topological polar surface area (TPSA) is 41.1 Å². The predicted molar refractivity (Wildman–Crippen MR) is 114 cm³/mol. The van der Waals surface area contributed by atoms with Gasteiger partial charge >= 0.3 is 0 Å². The fraction of sp³-hybridized carbons (Fsp3) is 0.261. The molecule has 0 radical (unpaired) electrons. The van der Waals surface area contributed by atoms with Gasteiger partial charge in [0.05, 0.1) is 12.6 Å². The monoisotopic (exact) mass is 378 g/mol. The summed E-state index contributed by atoms with van der Waals surface area (Å²) in [5, 5.41) is 8.49. The van der Waals surface area contributed by atoms with Crippen LogP contribution in [0.15, 0.2) is 66.0 Å². The summed E-state index contributed by atoms with van der Waals surface area (Å²) < 4.78 is 0. The van der Waals surface area contributed by atoms with Crippen molar-refractivity contribution in [1.29, 1.82) is 0 Å². The number of amides is 1. The summed E-state index contributed by atoms with van der Waals surface area (Å²) in [4.78, 5) is 13.6. The Labute approximate surface area is 165 Å². The van der Waals surface area contributed by atoms with Crippen molar-refractivity contribution < 1.29 is 4.79 Å². The highest BCUT2D eigenvalue weighted by Gasteiger charge is 2.16. The first kappa shape index (κ1) is 19.3. The second-order valence-electron chi connectivity index (χ2n) is 6.68. The van der Waals surface area contributed by atoms with Crippen LogP contribution in [0, 0.1) is 6.92 Å². The van der Waals surface area contributed by atoms with Crippen LogP contribution in [0.3, 0.4) is 0 Å². The largest absolute Gasteiger partial charge is 0.325 e. The van der Waals surface area contributed by atoms with Crippen LogP contribution in [0.2, 0.25) is 0 Å². The van der Waals surface area contributed by atoms with Crippen LogP contribution < -0.4 is 10.6 Å². The van der Waals surface area contributed by atoms with E-state index in [1.54, 1.807) is 11.3 Å². The van der Waals surface area contributed by atoms with Gasteiger partial charge in [0.1, 0.15) is 0 Å². The van der Waals surface area contributed by atoms with E-state index in [1.165, 1.54) is 16.0 Å². The highest BCUT2D eigenvalue weighted by molar-refractivity contribution is 7.10. The third kappa shape index (κ3) is 5.28. The van der Waals surface area contributed by atoms with E-state index in [-0.39, 0.29) is 18.5 Å². The Morgan fingerprint density at radius 1 is 1.04 bits per heavy atom. The minimum atomic E-state index is -0.0338. The Bertz CT molecular complexity index is 856. The number of thiophene rings is 1. The molecule has 3 nitrogen and oxygen atoms in total. The maximum atomic E-state index is 12.4. The predicted octanol–water partition coefficient (Wildman–Crippen LogP) is 5.33. The molecule has 2 aromatic carbocycles. The Morgan fingerprint density at radius 3 is 2.48 bits per heavy atom. The van der Waals surface area contributed by atoms with Gasteiger partial charge < -0.3 is 5.32 Å². The number of carbonyl (C=O) groups is 1. The quantitative estimate of drug-likeness (QED) is 0.556. The van der Waals surface area contributed by atoms with Crippen molar-refractivity contribution in [1.82, 2.24) is 5.32 Å². The van der Waals surface area contributed by atoms with Crippen molar-refractivity contribution in [3.8, 4) is 0 Å². The molecule has 0 aliphatic rings. The second-order valence-corrected chi connectivity index (χ2v) is 7.66. The van der Waals surface area contributed by atoms with Crippen LogP contribution in [-0.2, 0) is 11.2 Å². The van der Waals surface area contributed by atoms with Gasteiger partial charge in [0.25, 0.3) is 0 Å². The molecule has 0 aliphatic heterocycles. The SMILES string of the molecule is CCCc1ccc([C@@H](NCC(=O)Nc2ccccc2C)c2cccs2)cc1. The highest BCUT2D eigenvalue weighted by atomic mass is 32.1. The molecule has 27 heavy (non-hydrogen) atoms. The molecule has 3 aromatic rings. The Hall–Kier alpha value is -2.43. The van der Waals surface area contributed by atoms with Gasteiger partial charge in [-0.3, -0.25) is 10.1 Å². The lowest BCUT2D eigenvalue weighted by molar-refractivity contribution is -0.115. The van der Waals surface area contributed by atoms with Gasteiger partial charge in [-0.15, -0.1) is 11.3 Å². The molecule has 140 valence electrons. The summed E-state index contributed by atoms with van der Waals surface area (Å²) in [6.07, 6.45) is 2.24. The van der Waals surface area contributed by atoms with Crippen LogP contribution in [0.1, 0.15) is 41.0 Å². The van der Waals surface area contributed by atoms with Crippen LogP contribution in [0.25, 0.3) is 0 Å². The first-order valence-electron chi connectivity index (χ1n) is 9.38. The van der Waals surface area contributed by atoms with Gasteiger partial charge in [-0.25, -0.2) is 0 Å². The van der Waals surface area contributed by atoms with Gasteiger partial charge in [0, 0.05) is 10.6 Å². The zero-order chi connectivity index (χ0) is 19.1. The summed E-state index contributed by atoms with van der Waals surface area (Å²) in [6, 6.07) is 20.7. The molecule has 1 amide bonds. The number of aryl methyl sites for hydroxylation is 2. The molecule has 0 bridgehead atoms. The summed E-state index contributed by atoms with van der Waals surface area (Å²) in [5.74, 6) is -0.0338. The lowest BCUT2D eigenvalue weighted by Gasteiger charge is -2.18. The molecular formula is C23H26N2OS. The van der Waals surface area contributed by atoms with Crippen molar-refractivity contribution in [3.63, 3.8) is 0 Å². The Kier molecular flexibility index (Phi) is 6.80. The molecule has 0 saturated heterocycles. The Balaban J connectivity index is 1.69. The molecule has 2 N–H and O–H groups in total. The number of rotatable bonds is 8. The number of para-hydroxylation sites is 1. The maximum absolute atomic E-state index is 12.4. The molecule has 0 fully saturated rings. The van der Waals surface area contributed by atoms with Crippen LogP contribution in [0.5, 0.6) is 0 Å². The zero-order valence-electron chi connectivity index (χ0n) is 15.9. The van der Waals surface area contributed by atoms with E-state index in [0.717, 1.165) is 24.1 Å². The van der Waals surface area contributed by atoms with Crippen molar-refractivity contribution in [2.24, 2.45) is 0 Å². The molecule has 0 aliphatic carbocycles. The molecular weight excluding hydrogens is 352 g/mol. The second kappa shape index (κ2) is 9.49. The van der Waals surface area contributed by atoms with Gasteiger partial charge in [-0.05, 0) is 47.5 Å². The third-order valence-electron chi connectivity index (χ3n) is 4.57. The van der Waals surface area contributed by atoms with Gasteiger partial charge in [-0.1, -0.05) is 61.9 Å². The van der Waals surface area contributed by atoms with E-state index in [9.17, 15) is 4.79 Å². The van der Waals surface area contributed by atoms with Crippen LogP contribution in [0.4, 0.5) is 5.69 Å². The zero-order valence-corrected chi connectivity index (χ0v) is 16.7. The minimum absolute atomic E-state index is 0.0169. The molecule has 1 heterocycles. The smallest absolute Gasteiger partial charge is 0.238 e. The van der Waals surface area contributed by atoms with E-state index >= 15 is 0 Å². The number of benzene rings is 2. The van der Waals surface area contributed by atoms with Crippen molar-refractivity contribution in [2.75, 3.05) is 11.9 Å². The Morgan fingerprint density at radius 2 is 1.81 bits per heavy atom. The normalized spacial score (nSPS) is 11.9. The maximum Gasteiger partial charge on any atom is 0.238 e. The van der Waals surface area contributed by atoms with E-state index in [2.05, 4.69) is 53.3 Å². The highest BCUT2D eigenvalue weighted by Crippen LogP contribution is 2.26. The lowest BCUT2D eigenvalue weighted by atomic mass is 10.0. The average Bonchev–Trinajstić information content (AvgIpc) is 3.20. The molecule has 0 unspecified atom stereocenters. The average molecular weight is 379 g/mol. The summed E-state index contributed by atoms with van der Waals surface area (Å²) in [5.41, 5.74) is 4.46.